The van der Waals surface area contributed by atoms with Crippen LogP contribution in [0.5, 0.6) is 0 Å². The van der Waals surface area contributed by atoms with Crippen LogP contribution in [0.3, 0.4) is 0 Å². The Balaban J connectivity index is -0.0000000702. The topological polar surface area (TPSA) is 0 Å². The summed E-state index contributed by atoms with van der Waals surface area (Å²) in [5.41, 5.74) is 0. The fourth-order valence-electron chi connectivity index (χ4n) is 1.63. The third-order valence-corrected chi connectivity index (χ3v) is 3.13. The summed E-state index contributed by atoms with van der Waals surface area (Å²) >= 11 is 0. The second kappa shape index (κ2) is 49.7. The van der Waals surface area contributed by atoms with Gasteiger partial charge in [-0.15, -0.1) is 0 Å². The van der Waals surface area contributed by atoms with Crippen LogP contribution in [0.4, 0.5) is 0 Å². The molecule has 25 heavy (non-hydrogen) atoms. The molecule has 0 aliphatic rings. The van der Waals surface area contributed by atoms with E-state index in [1.807, 2.05) is 0 Å². The molecule has 0 nitrogen and oxygen atoms in total. The summed E-state index contributed by atoms with van der Waals surface area (Å²) in [6, 6.07) is 0. The Bertz CT molecular complexity index is 86.1. The molecular weight excluding hydrogens is 347 g/mol. The molecule has 0 saturated carbocycles. The quantitative estimate of drug-likeness (QED) is 0.226. The van der Waals surface area contributed by atoms with Gasteiger partial charge >= 0.3 is 0 Å². The van der Waals surface area contributed by atoms with Crippen molar-refractivity contribution < 1.29 is 16.8 Å². The number of hydrogen-bond acceptors (Lipinski definition) is 0. The molecule has 0 heterocycles. The first-order valence-electron chi connectivity index (χ1n) is 10.9. The van der Waals surface area contributed by atoms with Gasteiger partial charge < -0.3 is 25.7 Å². The first kappa shape index (κ1) is 36.4. The summed E-state index contributed by atoms with van der Waals surface area (Å²) in [7, 11) is 0. The zero-order valence-corrected chi connectivity index (χ0v) is 20.2. The summed E-state index contributed by atoms with van der Waals surface area (Å²) in [6.45, 7) is 17.5. The molecule has 0 aliphatic carbocycles. The van der Waals surface area contributed by atoms with Crippen LogP contribution in [-0.2, 0) is 16.8 Å². The largest absolute Gasteiger partial charge is 0.329 e. The zero-order valence-electron chi connectivity index (χ0n) is 19.1. The van der Waals surface area contributed by atoms with Gasteiger partial charge in [-0.05, 0) is 0 Å². The van der Waals surface area contributed by atoms with Gasteiger partial charge in [0.05, 0.1) is 0 Å². The van der Waals surface area contributed by atoms with Crippen molar-refractivity contribution in [3.05, 3.63) is 25.7 Å². The van der Waals surface area contributed by atoms with Crippen LogP contribution in [0.2, 0.25) is 0 Å². The van der Waals surface area contributed by atoms with E-state index in [2.05, 4.69) is 81.1 Å². The average Bonchev–Trinajstić information content (AvgIpc) is 2.62. The molecule has 0 saturated heterocycles. The molecule has 0 fully saturated rings. The summed E-state index contributed by atoms with van der Waals surface area (Å²) in [5.74, 6) is 0. The molecule has 0 aromatic carbocycles. The minimum atomic E-state index is 0. The summed E-state index contributed by atoms with van der Waals surface area (Å²) < 4.78 is 0. The van der Waals surface area contributed by atoms with E-state index >= 15 is 0 Å². The summed E-state index contributed by atoms with van der Waals surface area (Å²) in [6.07, 6.45) is 24.5. The van der Waals surface area contributed by atoms with Crippen LogP contribution in [0.15, 0.2) is 0 Å². The van der Waals surface area contributed by atoms with Crippen LogP contribution in [-0.4, -0.2) is 0 Å². The van der Waals surface area contributed by atoms with Crippen molar-refractivity contribution in [1.82, 2.24) is 0 Å². The van der Waals surface area contributed by atoms with E-state index in [4.69, 9.17) is 0 Å². The van der Waals surface area contributed by atoms with Gasteiger partial charge in [-0.25, -0.2) is 0 Å². The zero-order chi connectivity index (χ0) is 19.3. The molecular formula is C24H52Co-4. The first-order chi connectivity index (χ1) is 11.7. The van der Waals surface area contributed by atoms with Crippen molar-refractivity contribution in [1.29, 1.82) is 0 Å². The smallest absolute Gasteiger partial charge is 0 e. The van der Waals surface area contributed by atoms with Crippen molar-refractivity contribution >= 4 is 0 Å². The monoisotopic (exact) mass is 399 g/mol. The average molecular weight is 400 g/mol. The molecule has 0 atom stereocenters. The summed E-state index contributed by atoms with van der Waals surface area (Å²) in [5, 5.41) is 0. The van der Waals surface area contributed by atoms with E-state index in [0.29, 0.717) is 0 Å². The maximum atomic E-state index is 2.31. The van der Waals surface area contributed by atoms with Gasteiger partial charge in [0, 0.05) is 16.8 Å². The maximum absolute atomic E-state index is 2.31. The van der Waals surface area contributed by atoms with Gasteiger partial charge in [0.25, 0.3) is 0 Å². The van der Waals surface area contributed by atoms with Gasteiger partial charge in [-0.1, -0.05) is 81.1 Å². The third kappa shape index (κ3) is 79.4. The van der Waals surface area contributed by atoms with Gasteiger partial charge in [0.15, 0.2) is 0 Å². The predicted molar refractivity (Wildman–Crippen MR) is 118 cm³/mol. The Kier molecular flexibility index (Phi) is 72.4. The number of hydrogen-bond donors (Lipinski definition) is 0. The van der Waals surface area contributed by atoms with Gasteiger partial charge in [-0.2, -0.15) is 51.4 Å². The minimum absolute atomic E-state index is 0. The van der Waals surface area contributed by atoms with E-state index in [-0.39, 0.29) is 16.8 Å². The van der Waals surface area contributed by atoms with Crippen LogP contribution >= 0.6 is 0 Å². The Morgan fingerprint density at radius 3 is 0.560 bits per heavy atom. The molecule has 0 aliphatic heterocycles. The predicted octanol–water partition coefficient (Wildman–Crippen LogP) is 9.60. The third-order valence-electron chi connectivity index (χ3n) is 3.13. The molecule has 0 spiro atoms. The van der Waals surface area contributed by atoms with Crippen molar-refractivity contribution in [2.45, 2.75) is 132 Å². The molecule has 161 valence electrons. The molecule has 1 radical (unpaired) electrons. The van der Waals surface area contributed by atoms with E-state index in [1.165, 1.54) is 77.0 Å². The minimum Gasteiger partial charge on any atom is -0.329 e. The van der Waals surface area contributed by atoms with E-state index in [0.717, 1.165) is 0 Å². The molecule has 0 N–H and O–H groups in total. The van der Waals surface area contributed by atoms with Crippen LogP contribution < -0.4 is 0 Å². The standard InChI is InChI=1S/4C6H13.Co/c4*1-3-5-6-4-2;/h4*5H,3-4,6H2,1-2H3;/q4*-1;. The molecule has 0 aromatic heterocycles. The first-order valence-corrected chi connectivity index (χ1v) is 10.9. The van der Waals surface area contributed by atoms with Gasteiger partial charge in [0.1, 0.15) is 0 Å². The Labute approximate surface area is 174 Å². The normalized spacial score (nSPS) is 8.64. The second-order valence-electron chi connectivity index (χ2n) is 5.94. The maximum Gasteiger partial charge on any atom is 0 e. The van der Waals surface area contributed by atoms with Crippen molar-refractivity contribution in [3.63, 3.8) is 0 Å². The van der Waals surface area contributed by atoms with Crippen LogP contribution in [0.1, 0.15) is 132 Å². The van der Waals surface area contributed by atoms with Crippen LogP contribution in [0, 0.1) is 25.7 Å². The summed E-state index contributed by atoms with van der Waals surface area (Å²) in [4.78, 5) is 0. The van der Waals surface area contributed by atoms with Gasteiger partial charge in [-0.3, -0.25) is 0 Å². The van der Waals surface area contributed by atoms with E-state index in [9.17, 15) is 0 Å². The Hall–Kier alpha value is 0.506. The van der Waals surface area contributed by atoms with Crippen LogP contribution in [0.25, 0.3) is 0 Å². The molecule has 0 aromatic rings. The van der Waals surface area contributed by atoms with Crippen molar-refractivity contribution in [2.75, 3.05) is 0 Å². The molecule has 0 unspecified atom stereocenters. The Morgan fingerprint density at radius 1 is 0.360 bits per heavy atom. The van der Waals surface area contributed by atoms with E-state index < -0.39 is 0 Å². The van der Waals surface area contributed by atoms with Crippen molar-refractivity contribution in [2.24, 2.45) is 0 Å². The second-order valence-corrected chi connectivity index (χ2v) is 5.94. The number of rotatable bonds is 12. The van der Waals surface area contributed by atoms with Crippen molar-refractivity contribution in [3.8, 4) is 0 Å². The number of unbranched alkanes of at least 4 members (excludes halogenated alkanes) is 12. The fraction of sp³-hybridized carbons (Fsp3) is 0.833. The molecule has 0 amide bonds. The fourth-order valence-corrected chi connectivity index (χ4v) is 1.63. The Morgan fingerprint density at radius 2 is 0.520 bits per heavy atom. The molecule has 1 heteroatoms. The SMILES string of the molecule is CC[CH-]CCC.CC[CH-]CCC.CC[CH-]CCC.CC[CH-]CCC.[Co]. The molecule has 0 rings (SSSR count). The van der Waals surface area contributed by atoms with Gasteiger partial charge in [0.2, 0.25) is 0 Å². The van der Waals surface area contributed by atoms with E-state index in [1.54, 1.807) is 0 Å². The molecule has 0 bridgehead atoms.